The number of carboxylic acids is 1. The maximum atomic E-state index is 12.2. The number of carbonyl (C=O) groups is 3. The zero-order chi connectivity index (χ0) is 19.3. The molecule has 0 saturated heterocycles. The first-order valence-corrected chi connectivity index (χ1v) is 7.94. The Labute approximate surface area is 147 Å². The van der Waals surface area contributed by atoms with Gasteiger partial charge in [-0.25, -0.2) is 19.6 Å². The highest BCUT2D eigenvalue weighted by atomic mass is 16.5. The molecule has 0 spiro atoms. The van der Waals surface area contributed by atoms with Crippen LogP contribution in [-0.2, 0) is 9.53 Å². The normalized spacial score (nSPS) is 11.7. The summed E-state index contributed by atoms with van der Waals surface area (Å²) >= 11 is 0. The Kier molecular flexibility index (Phi) is 6.61. The number of nitrogens with zero attached hydrogens (tertiary/aromatic N) is 2. The molecule has 0 atom stereocenters. The Morgan fingerprint density at radius 1 is 1.08 bits per heavy atom. The summed E-state index contributed by atoms with van der Waals surface area (Å²) in [6.45, 7) is 9.93. The molecule has 1 heterocycles. The minimum Gasteiger partial charge on any atom is -0.476 e. The van der Waals surface area contributed by atoms with Crippen molar-refractivity contribution in [1.29, 1.82) is 0 Å². The van der Waals surface area contributed by atoms with E-state index < -0.39 is 23.0 Å². The van der Waals surface area contributed by atoms with Crippen LogP contribution in [0, 0.1) is 10.8 Å². The summed E-state index contributed by atoms with van der Waals surface area (Å²) in [7, 11) is 0. The number of hydrogen-bond donors (Lipinski definition) is 2. The number of carboxylic acid groups (broad SMARTS) is 1. The second-order valence-electron chi connectivity index (χ2n) is 7.57. The highest BCUT2D eigenvalue weighted by Gasteiger charge is 2.32. The first-order valence-electron chi connectivity index (χ1n) is 7.94. The van der Waals surface area contributed by atoms with Gasteiger partial charge in [0.25, 0.3) is 0 Å². The van der Waals surface area contributed by atoms with Gasteiger partial charge in [-0.15, -0.1) is 0 Å². The van der Waals surface area contributed by atoms with E-state index in [1.54, 1.807) is 0 Å². The monoisotopic (exact) mass is 351 g/mol. The summed E-state index contributed by atoms with van der Waals surface area (Å²) < 4.78 is 4.96. The molecule has 1 rings (SSSR count). The third-order valence-electron chi connectivity index (χ3n) is 3.30. The van der Waals surface area contributed by atoms with Crippen molar-refractivity contribution >= 4 is 17.8 Å². The number of aromatic carboxylic acids is 1. The van der Waals surface area contributed by atoms with E-state index in [9.17, 15) is 14.4 Å². The molecule has 1 aromatic rings. The molecular formula is C17H25N3O5. The van der Waals surface area contributed by atoms with E-state index in [1.165, 1.54) is 12.4 Å². The molecule has 0 bridgehead atoms. The van der Waals surface area contributed by atoms with Crippen LogP contribution in [0.1, 0.15) is 62.0 Å². The predicted octanol–water partition coefficient (Wildman–Crippen LogP) is 1.91. The first-order chi connectivity index (χ1) is 11.4. The van der Waals surface area contributed by atoms with Crippen LogP contribution in [0.15, 0.2) is 12.4 Å². The van der Waals surface area contributed by atoms with Crippen LogP contribution in [-0.4, -0.2) is 46.1 Å². The van der Waals surface area contributed by atoms with Crippen LogP contribution in [0.25, 0.3) is 0 Å². The number of nitrogens with one attached hydrogen (secondary N) is 1. The van der Waals surface area contributed by atoms with Gasteiger partial charge in [0.2, 0.25) is 5.91 Å². The van der Waals surface area contributed by atoms with E-state index in [2.05, 4.69) is 36.1 Å². The van der Waals surface area contributed by atoms with Gasteiger partial charge in [-0.3, -0.25) is 4.79 Å². The van der Waals surface area contributed by atoms with Gasteiger partial charge < -0.3 is 15.2 Å². The van der Waals surface area contributed by atoms with Crippen LogP contribution in [0.3, 0.4) is 0 Å². The van der Waals surface area contributed by atoms with Crippen LogP contribution < -0.4 is 5.32 Å². The topological polar surface area (TPSA) is 118 Å². The smallest absolute Gasteiger partial charge is 0.359 e. The molecule has 0 aliphatic rings. The largest absolute Gasteiger partial charge is 0.476 e. The van der Waals surface area contributed by atoms with Gasteiger partial charge in [-0.1, -0.05) is 34.6 Å². The summed E-state index contributed by atoms with van der Waals surface area (Å²) in [6, 6.07) is 0. The standard InChI is InChI=1S/C17H25N3O5/c1-16(2,3)10-17(4,5)15(24)20-8-9-25-14(23)12-11(13(21)22)18-6-7-19-12/h6-7H,8-10H2,1-5H3,(H,20,24)(H,21,22). The minimum atomic E-state index is -1.36. The van der Waals surface area contributed by atoms with Crippen LogP contribution in [0.2, 0.25) is 0 Å². The summed E-state index contributed by atoms with van der Waals surface area (Å²) in [5.41, 5.74) is -1.38. The third-order valence-corrected chi connectivity index (χ3v) is 3.30. The Balaban J connectivity index is 2.52. The van der Waals surface area contributed by atoms with Gasteiger partial charge in [-0.05, 0) is 11.8 Å². The Morgan fingerprint density at radius 3 is 2.16 bits per heavy atom. The number of carbonyl (C=O) groups excluding carboxylic acids is 2. The van der Waals surface area contributed by atoms with Crippen molar-refractivity contribution in [3.8, 4) is 0 Å². The van der Waals surface area contributed by atoms with Gasteiger partial charge in [0, 0.05) is 17.8 Å². The van der Waals surface area contributed by atoms with Gasteiger partial charge in [0.05, 0.1) is 6.54 Å². The average molecular weight is 351 g/mol. The lowest BCUT2D eigenvalue weighted by molar-refractivity contribution is -0.131. The number of rotatable bonds is 7. The van der Waals surface area contributed by atoms with Gasteiger partial charge in [-0.2, -0.15) is 0 Å². The number of ether oxygens (including phenoxy) is 1. The molecule has 8 nitrogen and oxygen atoms in total. The van der Waals surface area contributed by atoms with Crippen LogP contribution in [0.5, 0.6) is 0 Å². The van der Waals surface area contributed by atoms with E-state index in [4.69, 9.17) is 9.84 Å². The molecular weight excluding hydrogens is 326 g/mol. The zero-order valence-electron chi connectivity index (χ0n) is 15.3. The molecule has 138 valence electrons. The molecule has 1 amide bonds. The molecule has 25 heavy (non-hydrogen) atoms. The van der Waals surface area contributed by atoms with E-state index in [-0.39, 0.29) is 30.2 Å². The summed E-state index contributed by atoms with van der Waals surface area (Å²) in [4.78, 5) is 42.4. The van der Waals surface area contributed by atoms with Crippen molar-refractivity contribution in [2.75, 3.05) is 13.2 Å². The van der Waals surface area contributed by atoms with Crippen molar-refractivity contribution < 1.29 is 24.2 Å². The minimum absolute atomic E-state index is 0.00647. The molecule has 0 unspecified atom stereocenters. The quantitative estimate of drug-likeness (QED) is 0.569. The van der Waals surface area contributed by atoms with E-state index in [0.29, 0.717) is 6.42 Å². The fourth-order valence-corrected chi connectivity index (χ4v) is 2.67. The molecule has 0 saturated carbocycles. The van der Waals surface area contributed by atoms with Crippen molar-refractivity contribution in [2.45, 2.75) is 41.0 Å². The number of amides is 1. The number of hydrogen-bond acceptors (Lipinski definition) is 6. The molecule has 0 aliphatic carbocycles. The highest BCUT2D eigenvalue weighted by molar-refractivity contribution is 5.99. The summed E-state index contributed by atoms with van der Waals surface area (Å²) in [6.07, 6.45) is 3.09. The molecule has 0 aromatic carbocycles. The van der Waals surface area contributed by atoms with Gasteiger partial charge in [0.1, 0.15) is 6.61 Å². The third kappa shape index (κ3) is 6.48. The van der Waals surface area contributed by atoms with Crippen molar-refractivity contribution in [1.82, 2.24) is 15.3 Å². The number of aromatic nitrogens is 2. The Morgan fingerprint density at radius 2 is 1.64 bits per heavy atom. The first kappa shape index (κ1) is 20.5. The Hall–Kier alpha value is -2.51. The predicted molar refractivity (Wildman–Crippen MR) is 90.1 cm³/mol. The molecule has 2 N–H and O–H groups in total. The summed E-state index contributed by atoms with van der Waals surface area (Å²) in [5.74, 6) is -2.39. The lowest BCUT2D eigenvalue weighted by Crippen LogP contribution is -2.40. The van der Waals surface area contributed by atoms with Crippen molar-refractivity contribution in [2.24, 2.45) is 10.8 Å². The van der Waals surface area contributed by atoms with Gasteiger partial charge >= 0.3 is 11.9 Å². The summed E-state index contributed by atoms with van der Waals surface area (Å²) in [5, 5.41) is 11.7. The molecule has 0 radical (unpaired) electrons. The van der Waals surface area contributed by atoms with E-state index in [0.717, 1.165) is 0 Å². The lowest BCUT2D eigenvalue weighted by atomic mass is 9.76. The molecule has 1 aromatic heterocycles. The zero-order valence-corrected chi connectivity index (χ0v) is 15.3. The molecule has 0 fully saturated rings. The highest BCUT2D eigenvalue weighted by Crippen LogP contribution is 2.33. The maximum Gasteiger partial charge on any atom is 0.359 e. The van der Waals surface area contributed by atoms with Crippen molar-refractivity contribution in [3.05, 3.63) is 23.8 Å². The van der Waals surface area contributed by atoms with Gasteiger partial charge in [0.15, 0.2) is 11.4 Å². The van der Waals surface area contributed by atoms with Crippen LogP contribution in [0.4, 0.5) is 0 Å². The number of esters is 1. The molecule has 0 aliphatic heterocycles. The van der Waals surface area contributed by atoms with E-state index in [1.807, 2.05) is 13.8 Å². The SMILES string of the molecule is CC(C)(C)CC(C)(C)C(=O)NCCOC(=O)c1nccnc1C(=O)O. The van der Waals surface area contributed by atoms with E-state index >= 15 is 0 Å². The van der Waals surface area contributed by atoms with Crippen molar-refractivity contribution in [3.63, 3.8) is 0 Å². The fraction of sp³-hybridized carbons (Fsp3) is 0.588. The average Bonchev–Trinajstić information content (AvgIpc) is 2.48. The molecule has 8 heteroatoms. The van der Waals surface area contributed by atoms with Crippen LogP contribution >= 0.6 is 0 Å². The maximum absolute atomic E-state index is 12.2. The lowest BCUT2D eigenvalue weighted by Gasteiger charge is -2.31. The second-order valence-corrected chi connectivity index (χ2v) is 7.57. The second kappa shape index (κ2) is 8.04. The fourth-order valence-electron chi connectivity index (χ4n) is 2.67. The Bertz CT molecular complexity index is 650.